The van der Waals surface area contributed by atoms with Crippen LogP contribution in [0.15, 0.2) is 24.8 Å². The van der Waals surface area contributed by atoms with Gasteiger partial charge in [-0.1, -0.05) is 6.92 Å². The number of aryl methyl sites for hydroxylation is 2. The maximum absolute atomic E-state index is 11.7. The second kappa shape index (κ2) is 7.63. The smallest absolute Gasteiger partial charge is 0.314 e. The second-order valence-electron chi connectivity index (χ2n) is 5.65. The Morgan fingerprint density at radius 2 is 2.18 bits per heavy atom. The van der Waals surface area contributed by atoms with Crippen LogP contribution in [0.5, 0.6) is 0 Å². The van der Waals surface area contributed by atoms with E-state index < -0.39 is 0 Å². The van der Waals surface area contributed by atoms with Gasteiger partial charge in [0.2, 0.25) is 0 Å². The SMILES string of the molecule is Cc1cc(C)n(C[C@H](C)CNC(=O)NCCn2ccnc2)n1. The van der Waals surface area contributed by atoms with E-state index in [1.807, 2.05) is 29.3 Å². The molecule has 0 radical (unpaired) electrons. The Balaban J connectivity index is 1.64. The molecule has 120 valence electrons. The first-order valence-corrected chi connectivity index (χ1v) is 7.53. The number of aromatic nitrogens is 4. The third-order valence-corrected chi connectivity index (χ3v) is 3.41. The van der Waals surface area contributed by atoms with E-state index in [9.17, 15) is 4.79 Å². The molecule has 1 atom stereocenters. The first-order chi connectivity index (χ1) is 10.5. The molecule has 7 nitrogen and oxygen atoms in total. The van der Waals surface area contributed by atoms with Gasteiger partial charge in [-0.3, -0.25) is 4.68 Å². The summed E-state index contributed by atoms with van der Waals surface area (Å²) in [5, 5.41) is 10.2. The van der Waals surface area contributed by atoms with Crippen molar-refractivity contribution >= 4 is 6.03 Å². The average Bonchev–Trinajstić information content (AvgIpc) is 3.07. The van der Waals surface area contributed by atoms with Gasteiger partial charge in [-0.05, 0) is 25.8 Å². The number of nitrogens with zero attached hydrogens (tertiary/aromatic N) is 4. The molecule has 7 heteroatoms. The number of amides is 2. The molecule has 22 heavy (non-hydrogen) atoms. The Morgan fingerprint density at radius 1 is 1.36 bits per heavy atom. The van der Waals surface area contributed by atoms with Crippen LogP contribution in [-0.2, 0) is 13.1 Å². The summed E-state index contributed by atoms with van der Waals surface area (Å²) < 4.78 is 3.91. The highest BCUT2D eigenvalue weighted by atomic mass is 16.2. The zero-order chi connectivity index (χ0) is 15.9. The summed E-state index contributed by atoms with van der Waals surface area (Å²) in [6.07, 6.45) is 5.33. The Kier molecular flexibility index (Phi) is 5.57. The van der Waals surface area contributed by atoms with Crippen molar-refractivity contribution < 1.29 is 4.79 Å². The van der Waals surface area contributed by atoms with Crippen molar-refractivity contribution in [3.63, 3.8) is 0 Å². The molecule has 0 bridgehead atoms. The van der Waals surface area contributed by atoms with Crippen molar-refractivity contribution in [3.05, 3.63) is 36.2 Å². The standard InChI is InChI=1S/C15H24N6O/c1-12(10-21-14(3)8-13(2)19-21)9-18-15(22)17-5-7-20-6-4-16-11-20/h4,6,8,11-12H,5,7,9-10H2,1-3H3,(H2,17,18,22)/t12-/m1/s1. The van der Waals surface area contributed by atoms with Gasteiger partial charge in [-0.2, -0.15) is 5.10 Å². The lowest BCUT2D eigenvalue weighted by atomic mass is 10.2. The molecule has 2 aromatic rings. The lowest BCUT2D eigenvalue weighted by Crippen LogP contribution is -2.39. The molecule has 0 aromatic carbocycles. The maximum Gasteiger partial charge on any atom is 0.314 e. The summed E-state index contributed by atoms with van der Waals surface area (Å²) in [6, 6.07) is 1.92. The van der Waals surface area contributed by atoms with E-state index >= 15 is 0 Å². The predicted molar refractivity (Wildman–Crippen MR) is 84.5 cm³/mol. The van der Waals surface area contributed by atoms with Gasteiger partial charge in [-0.25, -0.2) is 9.78 Å². The summed E-state index contributed by atoms with van der Waals surface area (Å²) in [5.74, 6) is 0.317. The highest BCUT2D eigenvalue weighted by Crippen LogP contribution is 2.05. The summed E-state index contributed by atoms with van der Waals surface area (Å²) in [4.78, 5) is 15.7. The first kappa shape index (κ1) is 16.1. The van der Waals surface area contributed by atoms with Crippen molar-refractivity contribution in [1.29, 1.82) is 0 Å². The minimum absolute atomic E-state index is 0.139. The van der Waals surface area contributed by atoms with E-state index in [2.05, 4.69) is 33.7 Å². The van der Waals surface area contributed by atoms with Gasteiger partial charge < -0.3 is 15.2 Å². The summed E-state index contributed by atoms with van der Waals surface area (Å²) in [7, 11) is 0. The molecule has 0 aliphatic carbocycles. The highest BCUT2D eigenvalue weighted by Gasteiger charge is 2.08. The Hall–Kier alpha value is -2.31. The van der Waals surface area contributed by atoms with Crippen LogP contribution in [0.2, 0.25) is 0 Å². The minimum atomic E-state index is -0.139. The fourth-order valence-electron chi connectivity index (χ4n) is 2.27. The van der Waals surface area contributed by atoms with Gasteiger partial charge in [-0.15, -0.1) is 0 Å². The third kappa shape index (κ3) is 4.91. The zero-order valence-corrected chi connectivity index (χ0v) is 13.4. The lowest BCUT2D eigenvalue weighted by Gasteiger charge is -2.14. The van der Waals surface area contributed by atoms with Crippen molar-refractivity contribution in [2.45, 2.75) is 33.9 Å². The van der Waals surface area contributed by atoms with Crippen molar-refractivity contribution in [2.24, 2.45) is 5.92 Å². The van der Waals surface area contributed by atoms with E-state index in [1.165, 1.54) is 0 Å². The molecule has 2 heterocycles. The van der Waals surface area contributed by atoms with Gasteiger partial charge in [0.25, 0.3) is 0 Å². The Labute approximate surface area is 130 Å². The van der Waals surface area contributed by atoms with E-state index in [-0.39, 0.29) is 6.03 Å². The van der Waals surface area contributed by atoms with E-state index in [0.29, 0.717) is 25.6 Å². The molecule has 0 fully saturated rings. The number of rotatable bonds is 7. The van der Waals surface area contributed by atoms with Gasteiger partial charge in [0, 0.05) is 44.3 Å². The average molecular weight is 304 g/mol. The summed E-state index contributed by atoms with van der Waals surface area (Å²) >= 11 is 0. The minimum Gasteiger partial charge on any atom is -0.338 e. The maximum atomic E-state index is 11.7. The van der Waals surface area contributed by atoms with Crippen molar-refractivity contribution in [3.8, 4) is 0 Å². The number of urea groups is 1. The van der Waals surface area contributed by atoms with Gasteiger partial charge in [0.15, 0.2) is 0 Å². The lowest BCUT2D eigenvalue weighted by molar-refractivity contribution is 0.238. The Morgan fingerprint density at radius 3 is 2.82 bits per heavy atom. The molecule has 2 aromatic heterocycles. The largest absolute Gasteiger partial charge is 0.338 e. The van der Waals surface area contributed by atoms with Gasteiger partial charge in [0.05, 0.1) is 12.0 Å². The number of hydrogen-bond acceptors (Lipinski definition) is 3. The van der Waals surface area contributed by atoms with E-state index in [4.69, 9.17) is 0 Å². The first-order valence-electron chi connectivity index (χ1n) is 7.53. The molecule has 0 aliphatic heterocycles. The van der Waals surface area contributed by atoms with E-state index in [1.54, 1.807) is 12.5 Å². The monoisotopic (exact) mass is 304 g/mol. The molecule has 2 amide bonds. The molecule has 0 aliphatic rings. The molecule has 0 unspecified atom stereocenters. The van der Waals surface area contributed by atoms with Crippen molar-refractivity contribution in [2.75, 3.05) is 13.1 Å². The van der Waals surface area contributed by atoms with Crippen LogP contribution < -0.4 is 10.6 Å². The van der Waals surface area contributed by atoms with Gasteiger partial charge in [0.1, 0.15) is 0 Å². The van der Waals surface area contributed by atoms with Crippen LogP contribution in [0.4, 0.5) is 4.79 Å². The normalized spacial score (nSPS) is 12.1. The van der Waals surface area contributed by atoms with Crippen LogP contribution >= 0.6 is 0 Å². The molecule has 0 saturated heterocycles. The highest BCUT2D eigenvalue weighted by molar-refractivity contribution is 5.73. The molecule has 2 N–H and O–H groups in total. The molecule has 0 saturated carbocycles. The van der Waals surface area contributed by atoms with Crippen molar-refractivity contribution in [1.82, 2.24) is 30.0 Å². The van der Waals surface area contributed by atoms with Gasteiger partial charge >= 0.3 is 6.03 Å². The van der Waals surface area contributed by atoms with E-state index in [0.717, 1.165) is 17.9 Å². The molecule has 0 spiro atoms. The van der Waals surface area contributed by atoms with Crippen LogP contribution in [0, 0.1) is 19.8 Å². The quantitative estimate of drug-likeness (QED) is 0.810. The van der Waals surface area contributed by atoms with Crippen LogP contribution in [-0.4, -0.2) is 38.5 Å². The fourth-order valence-corrected chi connectivity index (χ4v) is 2.27. The molecular formula is C15H24N6O. The van der Waals surface area contributed by atoms with Crippen LogP contribution in [0.25, 0.3) is 0 Å². The predicted octanol–water partition coefficient (Wildman–Crippen LogP) is 1.33. The number of nitrogens with one attached hydrogen (secondary N) is 2. The number of imidazole rings is 1. The fraction of sp³-hybridized carbons (Fsp3) is 0.533. The number of carbonyl (C=O) groups excluding carboxylic acids is 1. The molecule has 2 rings (SSSR count). The topological polar surface area (TPSA) is 76.8 Å². The Bertz CT molecular complexity index is 589. The third-order valence-electron chi connectivity index (χ3n) is 3.41. The molecular weight excluding hydrogens is 280 g/mol. The second-order valence-corrected chi connectivity index (χ2v) is 5.65. The zero-order valence-electron chi connectivity index (χ0n) is 13.4. The van der Waals surface area contributed by atoms with Crippen LogP contribution in [0.3, 0.4) is 0 Å². The number of carbonyl (C=O) groups is 1. The summed E-state index contributed by atoms with van der Waals surface area (Å²) in [5.41, 5.74) is 2.17. The number of hydrogen-bond donors (Lipinski definition) is 2. The summed E-state index contributed by atoms with van der Waals surface area (Å²) in [6.45, 7) is 8.85. The van der Waals surface area contributed by atoms with Crippen LogP contribution in [0.1, 0.15) is 18.3 Å².